The Labute approximate surface area is 136 Å². The van der Waals surface area contributed by atoms with Gasteiger partial charge in [-0.05, 0) is 33.1 Å². The molecule has 0 bridgehead atoms. The van der Waals surface area contributed by atoms with Crippen molar-refractivity contribution in [1.82, 2.24) is 9.88 Å². The van der Waals surface area contributed by atoms with Gasteiger partial charge in [0.05, 0.1) is 5.01 Å². The maximum absolute atomic E-state index is 12.2. The molecule has 1 heterocycles. The molecule has 22 heavy (non-hydrogen) atoms. The molecule has 1 aromatic rings. The highest BCUT2D eigenvalue weighted by molar-refractivity contribution is 7.09. The summed E-state index contributed by atoms with van der Waals surface area (Å²) in [6.07, 6.45) is 1.99. The van der Waals surface area contributed by atoms with Crippen molar-refractivity contribution in [1.29, 1.82) is 0 Å². The summed E-state index contributed by atoms with van der Waals surface area (Å²) in [5, 5.41) is 2.68. The molecular weight excluding hydrogens is 300 g/mol. The number of aldehydes is 1. The van der Waals surface area contributed by atoms with Gasteiger partial charge < -0.3 is 9.64 Å². The number of aromatic nitrogens is 1. The Bertz CT molecular complexity index is 506. The van der Waals surface area contributed by atoms with Gasteiger partial charge in [-0.1, -0.05) is 13.8 Å². The van der Waals surface area contributed by atoms with E-state index >= 15 is 0 Å². The van der Waals surface area contributed by atoms with Crippen molar-refractivity contribution in [3.05, 3.63) is 16.1 Å². The molecule has 0 spiro atoms. The van der Waals surface area contributed by atoms with Crippen LogP contribution in [0.15, 0.2) is 5.38 Å². The maximum atomic E-state index is 12.2. The minimum absolute atomic E-state index is 0.0680. The average Bonchev–Trinajstić information content (AvgIpc) is 2.84. The SMILES string of the molecule is CC(C)[C@@H](CCc1nc(C=O)cs1)N(C)C(=O)OC(C)(C)C. The van der Waals surface area contributed by atoms with Crippen molar-refractivity contribution in [3.63, 3.8) is 0 Å². The molecule has 5 nitrogen and oxygen atoms in total. The van der Waals surface area contributed by atoms with Crippen LogP contribution in [0.1, 0.15) is 56.5 Å². The molecule has 0 radical (unpaired) electrons. The summed E-state index contributed by atoms with van der Waals surface area (Å²) in [5.74, 6) is 0.308. The van der Waals surface area contributed by atoms with E-state index in [4.69, 9.17) is 4.74 Å². The zero-order valence-corrected chi connectivity index (χ0v) is 15.1. The smallest absolute Gasteiger partial charge is 0.410 e. The summed E-state index contributed by atoms with van der Waals surface area (Å²) in [7, 11) is 1.78. The molecular formula is C16H26N2O3S. The van der Waals surface area contributed by atoms with Crippen LogP contribution >= 0.6 is 11.3 Å². The average molecular weight is 326 g/mol. The number of aryl methyl sites for hydroxylation is 1. The first-order valence-corrected chi connectivity index (χ1v) is 8.37. The first-order valence-electron chi connectivity index (χ1n) is 7.49. The van der Waals surface area contributed by atoms with Gasteiger partial charge in [-0.2, -0.15) is 0 Å². The van der Waals surface area contributed by atoms with Gasteiger partial charge >= 0.3 is 6.09 Å². The van der Waals surface area contributed by atoms with Crippen molar-refractivity contribution in [2.45, 2.75) is 59.1 Å². The van der Waals surface area contributed by atoms with Crippen molar-refractivity contribution < 1.29 is 14.3 Å². The lowest BCUT2D eigenvalue weighted by Crippen LogP contribution is -2.43. The largest absolute Gasteiger partial charge is 0.444 e. The van der Waals surface area contributed by atoms with Gasteiger partial charge in [0.15, 0.2) is 6.29 Å². The van der Waals surface area contributed by atoms with Gasteiger partial charge in [0.25, 0.3) is 0 Å². The van der Waals surface area contributed by atoms with Crippen LogP contribution in [0, 0.1) is 5.92 Å². The number of carbonyl (C=O) groups is 2. The third-order valence-corrected chi connectivity index (χ3v) is 4.22. The molecule has 1 atom stereocenters. The van der Waals surface area contributed by atoms with E-state index in [9.17, 15) is 9.59 Å². The topological polar surface area (TPSA) is 59.5 Å². The fourth-order valence-electron chi connectivity index (χ4n) is 2.21. The fourth-order valence-corrected chi connectivity index (χ4v) is 2.97. The number of nitrogens with zero attached hydrogens (tertiary/aromatic N) is 2. The fraction of sp³-hybridized carbons (Fsp3) is 0.688. The number of hydrogen-bond acceptors (Lipinski definition) is 5. The van der Waals surface area contributed by atoms with Crippen LogP contribution in [0.5, 0.6) is 0 Å². The highest BCUT2D eigenvalue weighted by atomic mass is 32.1. The highest BCUT2D eigenvalue weighted by Crippen LogP contribution is 2.20. The first-order chi connectivity index (χ1) is 10.1. The summed E-state index contributed by atoms with van der Waals surface area (Å²) >= 11 is 1.48. The number of rotatable bonds is 6. The molecule has 0 aliphatic rings. The van der Waals surface area contributed by atoms with Gasteiger partial charge in [0.1, 0.15) is 11.3 Å². The van der Waals surface area contributed by atoms with Gasteiger partial charge in [-0.15, -0.1) is 11.3 Å². The Hall–Kier alpha value is -1.43. The van der Waals surface area contributed by atoms with Crippen LogP contribution in [-0.4, -0.2) is 41.0 Å². The van der Waals surface area contributed by atoms with E-state index in [0.29, 0.717) is 11.6 Å². The molecule has 0 aliphatic carbocycles. The number of ether oxygens (including phenoxy) is 1. The summed E-state index contributed by atoms with van der Waals surface area (Å²) in [6, 6.07) is 0.0680. The van der Waals surface area contributed by atoms with Crippen LogP contribution in [0.2, 0.25) is 0 Å². The molecule has 0 aromatic carbocycles. The molecule has 1 amide bonds. The maximum Gasteiger partial charge on any atom is 0.410 e. The van der Waals surface area contributed by atoms with Crippen LogP contribution in [0.4, 0.5) is 4.79 Å². The minimum atomic E-state index is -0.499. The van der Waals surface area contributed by atoms with Gasteiger partial charge in [0, 0.05) is 24.9 Å². The van der Waals surface area contributed by atoms with Gasteiger partial charge in [0.2, 0.25) is 0 Å². The Morgan fingerprint density at radius 2 is 2.09 bits per heavy atom. The van der Waals surface area contributed by atoms with E-state index in [1.54, 1.807) is 17.3 Å². The summed E-state index contributed by atoms with van der Waals surface area (Å²) in [6.45, 7) is 9.76. The summed E-state index contributed by atoms with van der Waals surface area (Å²) < 4.78 is 5.43. The van der Waals surface area contributed by atoms with E-state index in [2.05, 4.69) is 18.8 Å². The Morgan fingerprint density at radius 1 is 1.45 bits per heavy atom. The van der Waals surface area contributed by atoms with Gasteiger partial charge in [-0.25, -0.2) is 9.78 Å². The lowest BCUT2D eigenvalue weighted by molar-refractivity contribution is 0.0170. The third-order valence-electron chi connectivity index (χ3n) is 3.29. The van der Waals surface area contributed by atoms with Crippen LogP contribution in [0.25, 0.3) is 0 Å². The van der Waals surface area contributed by atoms with Crippen molar-refractivity contribution >= 4 is 23.7 Å². The second-order valence-electron chi connectivity index (χ2n) is 6.73. The number of hydrogen-bond donors (Lipinski definition) is 0. The minimum Gasteiger partial charge on any atom is -0.444 e. The molecule has 0 fully saturated rings. The van der Waals surface area contributed by atoms with Gasteiger partial charge in [-0.3, -0.25) is 4.79 Å². The predicted molar refractivity (Wildman–Crippen MR) is 88.4 cm³/mol. The lowest BCUT2D eigenvalue weighted by Gasteiger charge is -2.33. The van der Waals surface area contributed by atoms with Crippen molar-refractivity contribution in [2.24, 2.45) is 5.92 Å². The van der Waals surface area contributed by atoms with E-state index < -0.39 is 5.60 Å². The second kappa shape index (κ2) is 7.72. The zero-order chi connectivity index (χ0) is 16.9. The number of carbonyl (C=O) groups excluding carboxylic acids is 2. The Morgan fingerprint density at radius 3 is 2.55 bits per heavy atom. The third kappa shape index (κ3) is 5.75. The van der Waals surface area contributed by atoms with E-state index in [1.165, 1.54) is 11.3 Å². The normalized spacial score (nSPS) is 13.0. The first kappa shape index (κ1) is 18.6. The summed E-state index contributed by atoms with van der Waals surface area (Å²) in [5.41, 5.74) is -0.0253. The standard InChI is InChI=1S/C16H26N2O3S/c1-11(2)13(18(6)15(20)21-16(3,4)5)7-8-14-17-12(9-19)10-22-14/h9-11,13H,7-8H2,1-6H3/t13-/m1/s1. The molecule has 1 rings (SSSR count). The lowest BCUT2D eigenvalue weighted by atomic mass is 9.98. The molecule has 124 valence electrons. The van der Waals surface area contributed by atoms with Crippen LogP contribution in [0.3, 0.4) is 0 Å². The molecule has 0 unspecified atom stereocenters. The number of thiazole rings is 1. The zero-order valence-electron chi connectivity index (χ0n) is 14.3. The summed E-state index contributed by atoms with van der Waals surface area (Å²) in [4.78, 5) is 28.8. The van der Waals surface area contributed by atoms with E-state index in [-0.39, 0.29) is 12.1 Å². The van der Waals surface area contributed by atoms with Crippen molar-refractivity contribution in [3.8, 4) is 0 Å². The molecule has 0 saturated heterocycles. The predicted octanol–water partition coefficient (Wildman–Crippen LogP) is 3.78. The molecule has 0 saturated carbocycles. The monoisotopic (exact) mass is 326 g/mol. The van der Waals surface area contributed by atoms with Crippen LogP contribution in [-0.2, 0) is 11.2 Å². The van der Waals surface area contributed by atoms with Crippen LogP contribution < -0.4 is 0 Å². The van der Waals surface area contributed by atoms with E-state index in [0.717, 1.165) is 24.1 Å². The van der Waals surface area contributed by atoms with E-state index in [1.807, 2.05) is 20.8 Å². The Balaban J connectivity index is 2.68. The molecule has 6 heteroatoms. The molecule has 0 N–H and O–H groups in total. The second-order valence-corrected chi connectivity index (χ2v) is 7.67. The Kier molecular flexibility index (Phi) is 6.53. The molecule has 1 aromatic heterocycles. The number of amides is 1. The van der Waals surface area contributed by atoms with Crippen molar-refractivity contribution in [2.75, 3.05) is 7.05 Å². The highest BCUT2D eigenvalue weighted by Gasteiger charge is 2.27. The quantitative estimate of drug-likeness (QED) is 0.746. The molecule has 0 aliphatic heterocycles.